The summed E-state index contributed by atoms with van der Waals surface area (Å²) in [5.74, 6) is 0.861. The van der Waals surface area contributed by atoms with Crippen LogP contribution in [0.5, 0.6) is 0 Å². The summed E-state index contributed by atoms with van der Waals surface area (Å²) in [6.07, 6.45) is 5.22. The Morgan fingerprint density at radius 1 is 1.33 bits per heavy atom. The first kappa shape index (κ1) is 12.9. The summed E-state index contributed by atoms with van der Waals surface area (Å²) >= 11 is 0. The average Bonchev–Trinajstić information content (AvgIpc) is 2.32. The normalized spacial score (nSPS) is 23.6. The van der Waals surface area contributed by atoms with Crippen LogP contribution in [0, 0.1) is 5.92 Å². The molecule has 0 unspecified atom stereocenters. The van der Waals surface area contributed by atoms with E-state index < -0.39 is 0 Å². The fraction of sp³-hybridized carbons (Fsp3) is 0.533. The first-order chi connectivity index (χ1) is 8.63. The second-order valence-electron chi connectivity index (χ2n) is 5.45. The maximum Gasteiger partial charge on any atom is 0.224 e. The summed E-state index contributed by atoms with van der Waals surface area (Å²) in [6, 6.07) is 7.88. The number of amides is 1. The number of carbonyl (C=O) groups excluding carboxylic acids is 1. The van der Waals surface area contributed by atoms with Crippen molar-refractivity contribution in [3.05, 3.63) is 29.8 Å². The maximum atomic E-state index is 11.9. The fourth-order valence-electron chi connectivity index (χ4n) is 2.66. The molecule has 0 radical (unpaired) electrons. The van der Waals surface area contributed by atoms with Gasteiger partial charge >= 0.3 is 0 Å². The van der Waals surface area contributed by atoms with Crippen LogP contribution in [0.15, 0.2) is 24.3 Å². The third kappa shape index (κ3) is 3.76. The Labute approximate surface area is 109 Å². The summed E-state index contributed by atoms with van der Waals surface area (Å²) in [6.45, 7) is 2.26. The lowest BCUT2D eigenvalue weighted by molar-refractivity contribution is -0.121. The molecule has 18 heavy (non-hydrogen) atoms. The highest BCUT2D eigenvalue weighted by Crippen LogP contribution is 2.23. The van der Waals surface area contributed by atoms with Gasteiger partial charge in [0.25, 0.3) is 0 Å². The van der Waals surface area contributed by atoms with Crippen molar-refractivity contribution < 1.29 is 4.79 Å². The van der Waals surface area contributed by atoms with Gasteiger partial charge in [-0.25, -0.2) is 0 Å². The van der Waals surface area contributed by atoms with Crippen molar-refractivity contribution in [1.29, 1.82) is 0 Å². The molecule has 0 heterocycles. The lowest BCUT2D eigenvalue weighted by Gasteiger charge is -2.27. The molecule has 98 valence electrons. The van der Waals surface area contributed by atoms with Crippen molar-refractivity contribution in [2.45, 2.75) is 45.1 Å². The SMILES string of the molecule is C[C@H]1CCC[C@H](NC(=O)Cc2ccc(N)cc2)C1. The number of benzene rings is 1. The van der Waals surface area contributed by atoms with Crippen LogP contribution in [0.4, 0.5) is 5.69 Å². The van der Waals surface area contributed by atoms with Crippen molar-refractivity contribution in [3.63, 3.8) is 0 Å². The lowest BCUT2D eigenvalue weighted by Crippen LogP contribution is -2.38. The number of rotatable bonds is 3. The molecule has 1 aromatic carbocycles. The molecule has 1 aromatic rings. The van der Waals surface area contributed by atoms with E-state index in [0.717, 1.165) is 30.0 Å². The van der Waals surface area contributed by atoms with Gasteiger partial charge < -0.3 is 11.1 Å². The molecule has 0 saturated heterocycles. The van der Waals surface area contributed by atoms with Gasteiger partial charge in [-0.15, -0.1) is 0 Å². The Morgan fingerprint density at radius 2 is 2.06 bits per heavy atom. The largest absolute Gasteiger partial charge is 0.399 e. The van der Waals surface area contributed by atoms with Gasteiger partial charge in [-0.1, -0.05) is 31.9 Å². The summed E-state index contributed by atoms with van der Waals surface area (Å²) < 4.78 is 0. The smallest absolute Gasteiger partial charge is 0.224 e. The van der Waals surface area contributed by atoms with E-state index in [4.69, 9.17) is 5.73 Å². The van der Waals surface area contributed by atoms with Crippen molar-refractivity contribution >= 4 is 11.6 Å². The Balaban J connectivity index is 1.83. The second kappa shape index (κ2) is 5.89. The van der Waals surface area contributed by atoms with Gasteiger partial charge in [-0.05, 0) is 36.5 Å². The number of nitrogen functional groups attached to an aromatic ring is 1. The van der Waals surface area contributed by atoms with Gasteiger partial charge in [-0.3, -0.25) is 4.79 Å². The Hall–Kier alpha value is -1.51. The van der Waals surface area contributed by atoms with E-state index in [9.17, 15) is 4.79 Å². The highest BCUT2D eigenvalue weighted by molar-refractivity contribution is 5.79. The van der Waals surface area contributed by atoms with E-state index in [1.165, 1.54) is 12.8 Å². The van der Waals surface area contributed by atoms with E-state index in [-0.39, 0.29) is 5.91 Å². The van der Waals surface area contributed by atoms with Gasteiger partial charge in [0.05, 0.1) is 6.42 Å². The Bertz CT molecular complexity index is 399. The van der Waals surface area contributed by atoms with Gasteiger partial charge in [-0.2, -0.15) is 0 Å². The van der Waals surface area contributed by atoms with Gasteiger partial charge in [0, 0.05) is 11.7 Å². The second-order valence-corrected chi connectivity index (χ2v) is 5.45. The first-order valence-corrected chi connectivity index (χ1v) is 6.77. The molecule has 1 amide bonds. The van der Waals surface area contributed by atoms with Crippen LogP contribution < -0.4 is 11.1 Å². The monoisotopic (exact) mass is 246 g/mol. The molecule has 2 rings (SSSR count). The molecule has 1 aliphatic carbocycles. The van der Waals surface area contributed by atoms with E-state index in [0.29, 0.717) is 12.5 Å². The average molecular weight is 246 g/mol. The van der Waals surface area contributed by atoms with Gasteiger partial charge in [0.2, 0.25) is 5.91 Å². The summed E-state index contributed by atoms with van der Waals surface area (Å²) in [4.78, 5) is 11.9. The molecule has 1 saturated carbocycles. The molecule has 3 nitrogen and oxygen atoms in total. The number of carbonyl (C=O) groups is 1. The van der Waals surface area contributed by atoms with E-state index >= 15 is 0 Å². The maximum absolute atomic E-state index is 11.9. The third-order valence-corrected chi connectivity index (χ3v) is 3.65. The zero-order valence-corrected chi connectivity index (χ0v) is 11.0. The molecule has 1 aliphatic rings. The van der Waals surface area contributed by atoms with E-state index in [2.05, 4.69) is 12.2 Å². The molecule has 0 spiro atoms. The number of hydrogen-bond acceptors (Lipinski definition) is 2. The summed E-state index contributed by atoms with van der Waals surface area (Å²) in [7, 11) is 0. The van der Waals surface area contributed by atoms with Crippen LogP contribution in [0.1, 0.15) is 38.2 Å². The predicted molar refractivity (Wildman–Crippen MR) is 74.1 cm³/mol. The van der Waals surface area contributed by atoms with E-state index in [1.54, 1.807) is 0 Å². The topological polar surface area (TPSA) is 55.1 Å². The molecule has 3 heteroatoms. The first-order valence-electron chi connectivity index (χ1n) is 6.77. The summed E-state index contributed by atoms with van der Waals surface area (Å²) in [5.41, 5.74) is 7.38. The minimum absolute atomic E-state index is 0.124. The van der Waals surface area contributed by atoms with Crippen molar-refractivity contribution in [2.24, 2.45) is 5.92 Å². The van der Waals surface area contributed by atoms with Crippen LogP contribution in [0.25, 0.3) is 0 Å². The fourth-order valence-corrected chi connectivity index (χ4v) is 2.66. The van der Waals surface area contributed by atoms with Gasteiger partial charge in [0.15, 0.2) is 0 Å². The predicted octanol–water partition coefficient (Wildman–Crippen LogP) is 2.51. The van der Waals surface area contributed by atoms with Gasteiger partial charge in [0.1, 0.15) is 0 Å². The van der Waals surface area contributed by atoms with E-state index in [1.807, 2.05) is 24.3 Å². The van der Waals surface area contributed by atoms with Crippen LogP contribution >= 0.6 is 0 Å². The molecular weight excluding hydrogens is 224 g/mol. The number of hydrogen-bond donors (Lipinski definition) is 2. The van der Waals surface area contributed by atoms with Crippen LogP contribution in [0.2, 0.25) is 0 Å². The van der Waals surface area contributed by atoms with Crippen LogP contribution in [0.3, 0.4) is 0 Å². The quantitative estimate of drug-likeness (QED) is 0.805. The minimum atomic E-state index is 0.124. The standard InChI is InChI=1S/C15H22N2O/c1-11-3-2-4-14(9-11)17-15(18)10-12-5-7-13(16)8-6-12/h5-8,11,14H,2-4,9-10,16H2,1H3,(H,17,18)/t11-,14-/m0/s1. The molecule has 0 aliphatic heterocycles. The zero-order chi connectivity index (χ0) is 13.0. The highest BCUT2D eigenvalue weighted by atomic mass is 16.1. The highest BCUT2D eigenvalue weighted by Gasteiger charge is 2.20. The Morgan fingerprint density at radius 3 is 2.72 bits per heavy atom. The number of anilines is 1. The Kier molecular flexibility index (Phi) is 4.24. The van der Waals surface area contributed by atoms with Crippen LogP contribution in [-0.2, 0) is 11.2 Å². The minimum Gasteiger partial charge on any atom is -0.399 e. The van der Waals surface area contributed by atoms with Crippen LogP contribution in [-0.4, -0.2) is 11.9 Å². The van der Waals surface area contributed by atoms with Crippen molar-refractivity contribution in [2.75, 3.05) is 5.73 Å². The number of nitrogens with one attached hydrogen (secondary N) is 1. The lowest BCUT2D eigenvalue weighted by atomic mass is 9.87. The molecule has 0 aromatic heterocycles. The third-order valence-electron chi connectivity index (χ3n) is 3.65. The molecule has 2 atom stereocenters. The zero-order valence-electron chi connectivity index (χ0n) is 11.0. The molecule has 3 N–H and O–H groups in total. The molecule has 1 fully saturated rings. The summed E-state index contributed by atoms with van der Waals surface area (Å²) in [5, 5.41) is 3.14. The molecule has 0 bridgehead atoms. The number of nitrogens with two attached hydrogens (primary N) is 1. The van der Waals surface area contributed by atoms with Crippen molar-refractivity contribution in [1.82, 2.24) is 5.32 Å². The van der Waals surface area contributed by atoms with Crippen molar-refractivity contribution in [3.8, 4) is 0 Å². The molecular formula is C15H22N2O.